The lowest BCUT2D eigenvalue weighted by Gasteiger charge is -2.31. The predicted octanol–water partition coefficient (Wildman–Crippen LogP) is 7.94. The number of hydrogen-bond acceptors (Lipinski definition) is 4. The number of nitrogens with one attached hydrogen (secondary N) is 2. The molecule has 0 radical (unpaired) electrons. The van der Waals surface area contributed by atoms with Gasteiger partial charge in [0.1, 0.15) is 5.69 Å². The number of nitrogens with zero attached hydrogens (tertiary/aromatic N) is 2. The monoisotopic (exact) mass is 504 g/mol. The van der Waals surface area contributed by atoms with Crippen LogP contribution in [0, 0.1) is 0 Å². The summed E-state index contributed by atoms with van der Waals surface area (Å²) in [6, 6.07) is 14.0. The number of aromatic nitrogens is 2. The van der Waals surface area contributed by atoms with Gasteiger partial charge in [-0.05, 0) is 62.1 Å². The van der Waals surface area contributed by atoms with Crippen molar-refractivity contribution in [2.45, 2.75) is 43.9 Å². The molecule has 0 amide bonds. The van der Waals surface area contributed by atoms with Gasteiger partial charge < -0.3 is 10.6 Å². The zero-order valence-corrected chi connectivity index (χ0v) is 19.5. The first-order chi connectivity index (χ1) is 16.3. The second-order valence-corrected chi connectivity index (χ2v) is 9.39. The van der Waals surface area contributed by atoms with Crippen molar-refractivity contribution in [1.82, 2.24) is 9.97 Å². The molecule has 0 saturated heterocycles. The van der Waals surface area contributed by atoms with E-state index in [0.29, 0.717) is 16.1 Å². The summed E-state index contributed by atoms with van der Waals surface area (Å²) in [6.45, 7) is 0. The number of pyridine rings is 2. The van der Waals surface area contributed by atoms with E-state index in [1.165, 1.54) is 0 Å². The van der Waals surface area contributed by atoms with Crippen LogP contribution in [0.3, 0.4) is 0 Å². The molecule has 0 atom stereocenters. The van der Waals surface area contributed by atoms with Gasteiger partial charge in [-0.25, -0.2) is 4.98 Å². The van der Waals surface area contributed by atoms with Crippen molar-refractivity contribution in [1.29, 1.82) is 0 Å². The molecule has 9 heteroatoms. The van der Waals surface area contributed by atoms with E-state index < -0.39 is 11.9 Å². The minimum Gasteiger partial charge on any atom is -0.382 e. The van der Waals surface area contributed by atoms with Gasteiger partial charge in [0.2, 0.25) is 0 Å². The van der Waals surface area contributed by atoms with E-state index >= 15 is 0 Å². The Balaban J connectivity index is 1.31. The van der Waals surface area contributed by atoms with Crippen molar-refractivity contribution < 1.29 is 13.2 Å². The molecule has 1 saturated carbocycles. The summed E-state index contributed by atoms with van der Waals surface area (Å²) in [5.41, 5.74) is 1.45. The van der Waals surface area contributed by atoms with Gasteiger partial charge in [-0.15, -0.1) is 0 Å². The number of anilines is 2. The zero-order chi connectivity index (χ0) is 23.9. The highest BCUT2D eigenvalue weighted by atomic mass is 35.5. The number of alkyl halides is 3. The highest BCUT2D eigenvalue weighted by Crippen LogP contribution is 2.36. The average molecular weight is 505 g/mol. The third-order valence-electron chi connectivity index (χ3n) is 6.23. The van der Waals surface area contributed by atoms with Gasteiger partial charge >= 0.3 is 6.18 Å². The lowest BCUT2D eigenvalue weighted by atomic mass is 9.90. The van der Waals surface area contributed by atoms with Crippen molar-refractivity contribution in [2.75, 3.05) is 10.6 Å². The maximum Gasteiger partial charge on any atom is 0.433 e. The summed E-state index contributed by atoms with van der Waals surface area (Å²) in [5.74, 6) is 0. The summed E-state index contributed by atoms with van der Waals surface area (Å²) in [7, 11) is 0. The molecule has 1 fully saturated rings. The minimum absolute atomic E-state index is 0.0525. The largest absolute Gasteiger partial charge is 0.433 e. The topological polar surface area (TPSA) is 49.8 Å². The fourth-order valence-corrected chi connectivity index (χ4v) is 4.93. The van der Waals surface area contributed by atoms with E-state index in [4.69, 9.17) is 23.2 Å². The van der Waals surface area contributed by atoms with E-state index in [1.54, 1.807) is 24.4 Å². The molecule has 2 aromatic heterocycles. The van der Waals surface area contributed by atoms with Crippen molar-refractivity contribution in [3.05, 3.63) is 70.5 Å². The molecule has 2 heterocycles. The van der Waals surface area contributed by atoms with Gasteiger partial charge in [0.05, 0.1) is 16.1 Å². The predicted molar refractivity (Wildman–Crippen MR) is 132 cm³/mol. The molecule has 2 N–H and O–H groups in total. The minimum atomic E-state index is -4.55. The van der Waals surface area contributed by atoms with Crippen molar-refractivity contribution in [3.8, 4) is 0 Å². The zero-order valence-electron chi connectivity index (χ0n) is 18.0. The van der Waals surface area contributed by atoms with Gasteiger partial charge in [-0.1, -0.05) is 35.3 Å². The average Bonchev–Trinajstić information content (AvgIpc) is 2.80. The maximum atomic E-state index is 13.4. The van der Waals surface area contributed by atoms with E-state index in [2.05, 4.69) is 20.6 Å². The molecule has 4 aromatic rings. The number of rotatable bonds is 4. The lowest BCUT2D eigenvalue weighted by Crippen LogP contribution is -2.32. The van der Waals surface area contributed by atoms with Crippen molar-refractivity contribution >= 4 is 56.4 Å². The Labute approximate surface area is 204 Å². The smallest absolute Gasteiger partial charge is 0.382 e. The standard InChI is InChI=1S/C25H21Cl2F3N4/c26-14-4-9-17-20(10-11-31-21(17)12-14)32-15-5-7-16(8-6-15)33-22-13-23(25(28,29)30)34-24-18(22)2-1-3-19(24)27/h1-4,9-13,15-16H,5-8H2,(H,31,32)(H,33,34)/t15-,16+. The van der Waals surface area contributed by atoms with Gasteiger partial charge in [0, 0.05) is 45.5 Å². The van der Waals surface area contributed by atoms with Crippen LogP contribution in [0.5, 0.6) is 0 Å². The molecule has 4 nitrogen and oxygen atoms in total. The first-order valence-corrected chi connectivity index (χ1v) is 11.8. The molecule has 0 bridgehead atoms. The van der Waals surface area contributed by atoms with Crippen LogP contribution in [0.1, 0.15) is 31.4 Å². The third-order valence-corrected chi connectivity index (χ3v) is 6.77. The highest BCUT2D eigenvalue weighted by molar-refractivity contribution is 6.35. The second kappa shape index (κ2) is 9.12. The summed E-state index contributed by atoms with van der Waals surface area (Å²) in [4.78, 5) is 8.15. The molecule has 0 spiro atoms. The van der Waals surface area contributed by atoms with Crippen LogP contribution in [0.4, 0.5) is 24.5 Å². The van der Waals surface area contributed by atoms with E-state index in [0.717, 1.165) is 48.3 Å². The number of benzene rings is 2. The summed E-state index contributed by atoms with van der Waals surface area (Å²) < 4.78 is 40.3. The van der Waals surface area contributed by atoms with Crippen LogP contribution in [0.25, 0.3) is 21.8 Å². The number of halogens is 5. The molecule has 1 aliphatic carbocycles. The first kappa shape index (κ1) is 23.0. The van der Waals surface area contributed by atoms with Crippen LogP contribution in [-0.4, -0.2) is 22.1 Å². The van der Waals surface area contributed by atoms with Gasteiger partial charge in [0.15, 0.2) is 0 Å². The molecule has 5 rings (SSSR count). The molecule has 1 aliphatic rings. The molecule has 176 valence electrons. The summed E-state index contributed by atoms with van der Waals surface area (Å²) in [6.07, 6.45) is 0.599. The Morgan fingerprint density at radius 2 is 1.53 bits per heavy atom. The van der Waals surface area contributed by atoms with Crippen molar-refractivity contribution in [2.24, 2.45) is 0 Å². The van der Waals surface area contributed by atoms with E-state index in [9.17, 15) is 13.2 Å². The summed E-state index contributed by atoms with van der Waals surface area (Å²) in [5, 5.41) is 9.37. The van der Waals surface area contributed by atoms with Crippen LogP contribution in [0.2, 0.25) is 10.0 Å². The van der Waals surface area contributed by atoms with Crippen molar-refractivity contribution in [3.63, 3.8) is 0 Å². The Hall–Kier alpha value is -2.77. The Bertz CT molecular complexity index is 1350. The molecule has 0 unspecified atom stereocenters. The van der Waals surface area contributed by atoms with Crippen LogP contribution in [0.15, 0.2) is 54.7 Å². The fraction of sp³-hybridized carbons (Fsp3) is 0.280. The van der Waals surface area contributed by atoms with Crippen LogP contribution < -0.4 is 10.6 Å². The van der Waals surface area contributed by atoms with Crippen LogP contribution >= 0.6 is 23.2 Å². The lowest BCUT2D eigenvalue weighted by molar-refractivity contribution is -0.140. The van der Waals surface area contributed by atoms with Gasteiger partial charge in [-0.3, -0.25) is 4.98 Å². The van der Waals surface area contributed by atoms with Gasteiger partial charge in [0.25, 0.3) is 0 Å². The molecule has 34 heavy (non-hydrogen) atoms. The maximum absolute atomic E-state index is 13.4. The molecular formula is C25H21Cl2F3N4. The Morgan fingerprint density at radius 1 is 0.824 bits per heavy atom. The fourth-order valence-electron chi connectivity index (χ4n) is 4.55. The number of hydrogen-bond donors (Lipinski definition) is 2. The van der Waals surface area contributed by atoms with E-state index in [-0.39, 0.29) is 22.6 Å². The normalized spacial score (nSPS) is 18.9. The third kappa shape index (κ3) is 4.72. The summed E-state index contributed by atoms with van der Waals surface area (Å²) >= 11 is 12.2. The quantitative estimate of drug-likeness (QED) is 0.296. The van der Waals surface area contributed by atoms with E-state index in [1.807, 2.05) is 24.3 Å². The Morgan fingerprint density at radius 3 is 2.24 bits per heavy atom. The Kier molecular flexibility index (Phi) is 6.16. The first-order valence-electron chi connectivity index (χ1n) is 11.0. The number of para-hydroxylation sites is 1. The van der Waals surface area contributed by atoms with Crippen LogP contribution in [-0.2, 0) is 6.18 Å². The molecular weight excluding hydrogens is 484 g/mol. The number of fused-ring (bicyclic) bond motifs is 2. The highest BCUT2D eigenvalue weighted by Gasteiger charge is 2.34. The van der Waals surface area contributed by atoms with Gasteiger partial charge in [-0.2, -0.15) is 13.2 Å². The molecule has 0 aliphatic heterocycles. The second-order valence-electron chi connectivity index (χ2n) is 8.55. The molecule has 2 aromatic carbocycles. The SMILES string of the molecule is FC(F)(F)c1cc(N[C@H]2CC[C@@H](Nc3ccnc4cc(Cl)ccc34)CC2)c2cccc(Cl)c2n1.